The van der Waals surface area contributed by atoms with Crippen LogP contribution in [0.2, 0.25) is 18.1 Å². The highest BCUT2D eigenvalue weighted by molar-refractivity contribution is 6.73. The third-order valence-corrected chi connectivity index (χ3v) is 16.4. The smallest absolute Gasteiger partial charge is 0.338 e. The van der Waals surface area contributed by atoms with Gasteiger partial charge in [-0.2, -0.15) is 0 Å². The predicted molar refractivity (Wildman–Crippen MR) is 173 cm³/mol. The minimum absolute atomic E-state index is 0.0164. The highest BCUT2D eigenvalue weighted by Gasteiger charge is 2.81. The molecule has 0 spiro atoms. The van der Waals surface area contributed by atoms with Crippen LogP contribution in [-0.2, 0) is 33.0 Å². The fraction of sp³-hybridized carbons (Fsp3) is 0.686. The molecule has 11 heteroatoms. The number of aliphatic hydroxyl groups is 1. The van der Waals surface area contributed by atoms with Crippen molar-refractivity contribution in [1.82, 2.24) is 5.32 Å². The summed E-state index contributed by atoms with van der Waals surface area (Å²) >= 11 is 0. The van der Waals surface area contributed by atoms with Gasteiger partial charge in [-0.05, 0) is 56.7 Å². The Morgan fingerprint density at radius 3 is 2.22 bits per heavy atom. The number of ether oxygens (including phenoxy) is 4. The zero-order valence-electron chi connectivity index (χ0n) is 28.7. The van der Waals surface area contributed by atoms with E-state index in [2.05, 4.69) is 26.1 Å². The molecular weight excluding hydrogens is 606 g/mol. The first-order chi connectivity index (χ1) is 21.6. The molecule has 3 aliphatic heterocycles. The summed E-state index contributed by atoms with van der Waals surface area (Å²) in [5, 5.41) is 16.1. The van der Waals surface area contributed by atoms with Crippen molar-refractivity contribution in [1.29, 1.82) is 0 Å². The van der Waals surface area contributed by atoms with E-state index in [9.17, 15) is 14.7 Å². The quantitative estimate of drug-likeness (QED) is 0.210. The lowest BCUT2D eigenvalue weighted by Crippen LogP contribution is -2.80. The lowest BCUT2D eigenvalue weighted by molar-refractivity contribution is -0.355. The van der Waals surface area contributed by atoms with E-state index in [1.807, 2.05) is 34.7 Å². The van der Waals surface area contributed by atoms with Gasteiger partial charge in [-0.1, -0.05) is 58.4 Å². The summed E-state index contributed by atoms with van der Waals surface area (Å²) in [5.41, 5.74) is -2.17. The lowest BCUT2D eigenvalue weighted by atomic mass is 9.49. The number of carbonyl (C=O) groups is 3. The number of carbonyl (C=O) groups excluding carboxylic acids is 3. The molecule has 1 aromatic carbocycles. The third-order valence-electron chi connectivity index (χ3n) is 11.7. The van der Waals surface area contributed by atoms with Gasteiger partial charge in [0.15, 0.2) is 25.8 Å². The van der Waals surface area contributed by atoms with Gasteiger partial charge >= 0.3 is 11.9 Å². The summed E-state index contributed by atoms with van der Waals surface area (Å²) in [6.07, 6.45) is -3.56. The average molecular weight is 658 g/mol. The second kappa shape index (κ2) is 12.2. The molecule has 3 heterocycles. The molecular formula is C35H51NO9Si. The Morgan fingerprint density at radius 1 is 1.07 bits per heavy atom. The molecule has 4 fully saturated rings. The average Bonchev–Trinajstić information content (AvgIpc) is 3.20. The number of hydrogen-bond acceptors (Lipinski definition) is 10. The number of rotatable bonds is 10. The van der Waals surface area contributed by atoms with Crippen molar-refractivity contribution in [3.8, 4) is 0 Å². The highest BCUT2D eigenvalue weighted by atomic mass is 28.4. The van der Waals surface area contributed by atoms with Gasteiger partial charge < -0.3 is 33.8 Å². The van der Waals surface area contributed by atoms with Gasteiger partial charge in [0.05, 0.1) is 29.6 Å². The number of ketones is 1. The maximum Gasteiger partial charge on any atom is 0.338 e. The Morgan fingerprint density at radius 2 is 1.70 bits per heavy atom. The predicted octanol–water partition coefficient (Wildman–Crippen LogP) is 4.56. The SMILES string of the molecule is CC[Si](CC)(CC)O[C@H]1C[C@H]2OC[C@@]2(OC(C)=O)C2[C@H](OC(=O)c3ccccc3)[C@@]3(O)O[C@@H](C(=O)[C@@]21C)/C(=C(\C)CNC)C3(C)C. The van der Waals surface area contributed by atoms with Crippen LogP contribution in [0.4, 0.5) is 0 Å². The molecule has 0 radical (unpaired) electrons. The van der Waals surface area contributed by atoms with E-state index >= 15 is 4.79 Å². The van der Waals surface area contributed by atoms with Crippen LogP contribution in [0.1, 0.15) is 72.2 Å². The fourth-order valence-electron chi connectivity index (χ4n) is 8.90. The van der Waals surface area contributed by atoms with Crippen LogP contribution in [-0.4, -0.2) is 87.1 Å². The zero-order valence-corrected chi connectivity index (χ0v) is 29.7. The van der Waals surface area contributed by atoms with Crippen LogP contribution in [0.25, 0.3) is 0 Å². The molecule has 254 valence electrons. The van der Waals surface area contributed by atoms with Crippen LogP contribution in [0.15, 0.2) is 41.5 Å². The van der Waals surface area contributed by atoms with Crippen molar-refractivity contribution < 1.29 is 42.9 Å². The van der Waals surface area contributed by atoms with E-state index in [1.165, 1.54) is 6.92 Å². The Hall–Kier alpha value is -2.41. The standard InChI is InChI=1S/C35H51NO9Si/c1-10-46(11-2,12-3)45-24-18-25-34(20-41-25,43-22(5)37)28-30(42-31(39)23-16-14-13-15-17-23)35(40)32(6,7)26(21(4)19-36-9)27(44-35)29(38)33(24,28)8/h13-17,24-25,27-28,30,36,40H,10-12,18-20H2,1-9H3/b26-21-/t24-,25+,27+,28?,30-,33+,34-,35+/m0/s1. The van der Waals surface area contributed by atoms with Crippen LogP contribution < -0.4 is 5.32 Å². The fourth-order valence-corrected chi connectivity index (χ4v) is 11.8. The lowest BCUT2D eigenvalue weighted by Gasteiger charge is -2.65. The third kappa shape index (κ3) is 4.95. The second-order valence-corrected chi connectivity index (χ2v) is 19.0. The van der Waals surface area contributed by atoms with E-state index in [4.69, 9.17) is 23.4 Å². The van der Waals surface area contributed by atoms with Crippen LogP contribution >= 0.6 is 0 Å². The number of nitrogens with one attached hydrogen (secondary N) is 1. The largest absolute Gasteiger partial charge is 0.453 e. The summed E-state index contributed by atoms with van der Waals surface area (Å²) in [6.45, 7) is 15.5. The molecule has 1 saturated carbocycles. The van der Waals surface area contributed by atoms with Gasteiger partial charge in [-0.15, -0.1) is 0 Å². The monoisotopic (exact) mass is 657 g/mol. The van der Waals surface area contributed by atoms with Gasteiger partial charge in [0.2, 0.25) is 5.79 Å². The Balaban J connectivity index is 1.81. The van der Waals surface area contributed by atoms with E-state index in [0.717, 1.165) is 23.7 Å². The minimum atomic E-state index is -2.33. The number of likely N-dealkylation sites (N-methyl/N-ethyl adjacent to an activating group) is 1. The molecule has 8 atom stereocenters. The summed E-state index contributed by atoms with van der Waals surface area (Å²) in [6, 6.07) is 11.1. The van der Waals surface area contributed by atoms with Gasteiger partial charge in [0.25, 0.3) is 0 Å². The topological polar surface area (TPSA) is 130 Å². The number of benzene rings is 1. The Labute approximate surface area is 273 Å². The minimum Gasteiger partial charge on any atom is -0.453 e. The van der Waals surface area contributed by atoms with Gasteiger partial charge in [-0.3, -0.25) is 9.59 Å². The van der Waals surface area contributed by atoms with Crippen molar-refractivity contribution in [2.45, 2.75) is 116 Å². The number of Topliss-reactive ketones (excluding diaryl/α,β-unsaturated/α-hetero) is 1. The van der Waals surface area contributed by atoms with Crippen molar-refractivity contribution in [3.05, 3.63) is 47.0 Å². The molecule has 2 N–H and O–H groups in total. The normalized spacial score (nSPS) is 37.3. The van der Waals surface area contributed by atoms with Crippen LogP contribution in [0, 0.1) is 16.7 Å². The molecule has 0 amide bonds. The van der Waals surface area contributed by atoms with E-state index < -0.39 is 72.8 Å². The highest BCUT2D eigenvalue weighted by Crippen LogP contribution is 2.66. The maximum absolute atomic E-state index is 15.4. The van der Waals surface area contributed by atoms with E-state index in [-0.39, 0.29) is 18.0 Å². The summed E-state index contributed by atoms with van der Waals surface area (Å²) in [5.74, 6) is -4.73. The van der Waals surface area contributed by atoms with Gasteiger partial charge in [-0.25, -0.2) is 4.79 Å². The number of esters is 2. The van der Waals surface area contributed by atoms with E-state index in [0.29, 0.717) is 18.5 Å². The molecule has 3 saturated heterocycles. The Bertz CT molecular complexity index is 1390. The molecule has 46 heavy (non-hydrogen) atoms. The molecule has 5 rings (SSSR count). The first-order valence-electron chi connectivity index (χ1n) is 16.7. The van der Waals surface area contributed by atoms with E-state index in [1.54, 1.807) is 30.3 Å². The number of hydrogen-bond donors (Lipinski definition) is 2. The van der Waals surface area contributed by atoms with Gasteiger partial charge in [0, 0.05) is 25.3 Å². The summed E-state index contributed by atoms with van der Waals surface area (Å²) in [7, 11) is -0.515. The van der Waals surface area contributed by atoms with Crippen molar-refractivity contribution in [3.63, 3.8) is 0 Å². The zero-order chi connectivity index (χ0) is 33.9. The molecule has 1 aromatic rings. The van der Waals surface area contributed by atoms with Crippen LogP contribution in [0.3, 0.4) is 0 Å². The molecule has 4 aliphatic rings. The molecule has 10 nitrogen and oxygen atoms in total. The molecule has 1 unspecified atom stereocenters. The van der Waals surface area contributed by atoms with Crippen molar-refractivity contribution >= 4 is 26.0 Å². The summed E-state index contributed by atoms with van der Waals surface area (Å²) < 4.78 is 32.5. The summed E-state index contributed by atoms with van der Waals surface area (Å²) in [4.78, 5) is 42.2. The number of fused-ring (bicyclic) bond motifs is 5. The van der Waals surface area contributed by atoms with Crippen molar-refractivity contribution in [2.24, 2.45) is 16.7 Å². The van der Waals surface area contributed by atoms with Crippen LogP contribution in [0.5, 0.6) is 0 Å². The molecule has 1 aliphatic carbocycles. The molecule has 0 aromatic heterocycles. The first kappa shape index (κ1) is 34.9. The van der Waals surface area contributed by atoms with Gasteiger partial charge in [0.1, 0.15) is 12.2 Å². The van der Waals surface area contributed by atoms with Crippen molar-refractivity contribution in [2.75, 3.05) is 20.2 Å². The first-order valence-corrected chi connectivity index (χ1v) is 19.2. The Kier molecular flexibility index (Phi) is 9.29. The maximum atomic E-state index is 15.4. The molecule has 2 bridgehead atoms. The second-order valence-electron chi connectivity index (χ2n) is 14.3.